The van der Waals surface area contributed by atoms with Gasteiger partial charge in [-0.3, -0.25) is 9.10 Å². The van der Waals surface area contributed by atoms with Crippen molar-refractivity contribution < 1.29 is 13.2 Å². The van der Waals surface area contributed by atoms with Crippen molar-refractivity contribution in [3.05, 3.63) is 58.1 Å². The molecule has 134 valence electrons. The van der Waals surface area contributed by atoms with Crippen molar-refractivity contribution in [3.8, 4) is 0 Å². The Kier molecular flexibility index (Phi) is 5.98. The average Bonchev–Trinajstić information content (AvgIpc) is 2.51. The van der Waals surface area contributed by atoms with Crippen LogP contribution in [-0.4, -0.2) is 26.6 Å². The molecule has 0 aliphatic carbocycles. The molecule has 5 nitrogen and oxygen atoms in total. The van der Waals surface area contributed by atoms with Gasteiger partial charge in [0.2, 0.25) is 15.9 Å². The second-order valence-electron chi connectivity index (χ2n) is 5.64. The van der Waals surface area contributed by atoms with Gasteiger partial charge in [0, 0.05) is 5.02 Å². The van der Waals surface area contributed by atoms with E-state index in [9.17, 15) is 13.2 Å². The Morgan fingerprint density at radius 1 is 1.12 bits per heavy atom. The zero-order chi connectivity index (χ0) is 18.8. The zero-order valence-corrected chi connectivity index (χ0v) is 16.3. The minimum atomic E-state index is -3.71. The predicted octanol–water partition coefficient (Wildman–Crippen LogP) is 4.10. The first-order valence-corrected chi connectivity index (χ1v) is 10.0. The maximum absolute atomic E-state index is 12.6. The molecule has 1 N–H and O–H groups in total. The number of sulfonamides is 1. The number of nitrogens with one attached hydrogen (secondary N) is 1. The number of hydrogen-bond donors (Lipinski definition) is 1. The van der Waals surface area contributed by atoms with Crippen molar-refractivity contribution in [1.82, 2.24) is 0 Å². The highest BCUT2D eigenvalue weighted by Crippen LogP contribution is 2.27. The second kappa shape index (κ2) is 7.64. The molecule has 0 saturated carbocycles. The number of hydrogen-bond acceptors (Lipinski definition) is 3. The van der Waals surface area contributed by atoms with Crippen LogP contribution in [0.3, 0.4) is 0 Å². The largest absolute Gasteiger partial charge is 0.323 e. The summed E-state index contributed by atoms with van der Waals surface area (Å²) in [5, 5.41) is 3.44. The van der Waals surface area contributed by atoms with E-state index in [1.54, 1.807) is 36.4 Å². The highest BCUT2D eigenvalue weighted by Gasteiger charge is 2.29. The third-order valence-corrected chi connectivity index (χ3v) is 5.61. The summed E-state index contributed by atoms with van der Waals surface area (Å²) >= 11 is 12.1. The molecule has 0 fully saturated rings. The average molecular weight is 401 g/mol. The molecule has 1 atom stereocenters. The second-order valence-corrected chi connectivity index (χ2v) is 8.31. The summed E-state index contributed by atoms with van der Waals surface area (Å²) in [6, 6.07) is 10.6. The Morgan fingerprint density at radius 2 is 1.76 bits per heavy atom. The third kappa shape index (κ3) is 4.66. The van der Waals surface area contributed by atoms with Crippen LogP contribution in [0.2, 0.25) is 10.0 Å². The smallest absolute Gasteiger partial charge is 0.248 e. The molecule has 0 aromatic heterocycles. The summed E-state index contributed by atoms with van der Waals surface area (Å²) in [4.78, 5) is 12.6. The van der Waals surface area contributed by atoms with E-state index in [-0.39, 0.29) is 0 Å². The van der Waals surface area contributed by atoms with Crippen LogP contribution in [0.1, 0.15) is 12.5 Å². The molecular weight excluding hydrogens is 383 g/mol. The van der Waals surface area contributed by atoms with E-state index in [4.69, 9.17) is 23.2 Å². The summed E-state index contributed by atoms with van der Waals surface area (Å²) in [6.45, 7) is 3.31. The van der Waals surface area contributed by atoms with Crippen LogP contribution in [0, 0.1) is 6.92 Å². The Bertz CT molecular complexity index is 901. The first kappa shape index (κ1) is 19.6. The van der Waals surface area contributed by atoms with Gasteiger partial charge < -0.3 is 5.32 Å². The fraction of sp³-hybridized carbons (Fsp3) is 0.235. The van der Waals surface area contributed by atoms with E-state index in [0.29, 0.717) is 21.4 Å². The van der Waals surface area contributed by atoms with E-state index < -0.39 is 22.0 Å². The van der Waals surface area contributed by atoms with Gasteiger partial charge in [-0.25, -0.2) is 8.42 Å². The van der Waals surface area contributed by atoms with Crippen molar-refractivity contribution in [2.45, 2.75) is 19.9 Å². The Balaban J connectivity index is 2.36. The zero-order valence-electron chi connectivity index (χ0n) is 14.0. The number of carbonyl (C=O) groups is 1. The molecule has 25 heavy (non-hydrogen) atoms. The quantitative estimate of drug-likeness (QED) is 0.821. The number of aryl methyl sites for hydroxylation is 1. The van der Waals surface area contributed by atoms with Crippen molar-refractivity contribution in [1.29, 1.82) is 0 Å². The summed E-state index contributed by atoms with van der Waals surface area (Å²) in [7, 11) is -3.71. The van der Waals surface area contributed by atoms with Crippen LogP contribution in [0.5, 0.6) is 0 Å². The third-order valence-electron chi connectivity index (χ3n) is 3.63. The van der Waals surface area contributed by atoms with E-state index in [1.807, 2.05) is 6.92 Å². The molecule has 1 amide bonds. The number of rotatable bonds is 5. The molecule has 0 aliphatic rings. The normalized spacial score (nSPS) is 12.5. The maximum Gasteiger partial charge on any atom is 0.248 e. The lowest BCUT2D eigenvalue weighted by molar-refractivity contribution is -0.116. The molecule has 0 unspecified atom stereocenters. The first-order valence-electron chi connectivity index (χ1n) is 7.42. The molecule has 2 rings (SSSR count). The van der Waals surface area contributed by atoms with Gasteiger partial charge in [0.25, 0.3) is 0 Å². The van der Waals surface area contributed by atoms with E-state index in [2.05, 4.69) is 5.32 Å². The van der Waals surface area contributed by atoms with Crippen molar-refractivity contribution in [2.24, 2.45) is 0 Å². The molecule has 0 spiro atoms. The van der Waals surface area contributed by atoms with Crippen molar-refractivity contribution in [2.75, 3.05) is 15.9 Å². The molecule has 0 aliphatic heterocycles. The van der Waals surface area contributed by atoms with Gasteiger partial charge in [0.05, 0.1) is 22.7 Å². The van der Waals surface area contributed by atoms with Gasteiger partial charge in [0.1, 0.15) is 6.04 Å². The molecule has 8 heteroatoms. The number of anilines is 2. The number of nitrogens with zero attached hydrogens (tertiary/aromatic N) is 1. The molecule has 0 saturated heterocycles. The highest BCUT2D eigenvalue weighted by molar-refractivity contribution is 7.92. The van der Waals surface area contributed by atoms with Gasteiger partial charge in [0.15, 0.2) is 0 Å². The molecular formula is C17H18Cl2N2O3S. The topological polar surface area (TPSA) is 66.5 Å². The SMILES string of the molecule is Cc1ccc(N([C@@H](C)C(=O)Nc2ccccc2Cl)S(C)(=O)=O)cc1Cl. The van der Waals surface area contributed by atoms with Crippen molar-refractivity contribution >= 4 is 50.5 Å². The van der Waals surface area contributed by atoms with Crippen LogP contribution in [0.4, 0.5) is 11.4 Å². The molecule has 2 aromatic carbocycles. The fourth-order valence-corrected chi connectivity index (χ4v) is 3.85. The number of carbonyl (C=O) groups excluding carboxylic acids is 1. The van der Waals surface area contributed by atoms with E-state index >= 15 is 0 Å². The lowest BCUT2D eigenvalue weighted by atomic mass is 10.2. The summed E-state index contributed by atoms with van der Waals surface area (Å²) in [6.07, 6.45) is 1.04. The monoisotopic (exact) mass is 400 g/mol. The van der Waals surface area contributed by atoms with E-state index in [0.717, 1.165) is 16.1 Å². The van der Waals surface area contributed by atoms with Crippen LogP contribution < -0.4 is 9.62 Å². The van der Waals surface area contributed by atoms with Crippen LogP contribution in [0.15, 0.2) is 42.5 Å². The number of amides is 1. The maximum atomic E-state index is 12.6. The van der Waals surface area contributed by atoms with Gasteiger partial charge in [-0.05, 0) is 43.7 Å². The van der Waals surface area contributed by atoms with Crippen molar-refractivity contribution in [3.63, 3.8) is 0 Å². The molecule has 0 radical (unpaired) electrons. The van der Waals surface area contributed by atoms with Crippen LogP contribution in [0.25, 0.3) is 0 Å². The summed E-state index contributed by atoms with van der Waals surface area (Å²) in [5.74, 6) is -0.504. The lowest BCUT2D eigenvalue weighted by Gasteiger charge is -2.28. The minimum Gasteiger partial charge on any atom is -0.323 e. The highest BCUT2D eigenvalue weighted by atomic mass is 35.5. The van der Waals surface area contributed by atoms with Gasteiger partial charge >= 0.3 is 0 Å². The molecule has 0 bridgehead atoms. The predicted molar refractivity (Wildman–Crippen MR) is 103 cm³/mol. The first-order chi connectivity index (χ1) is 11.6. The fourth-order valence-electron chi connectivity index (χ4n) is 2.33. The van der Waals surface area contributed by atoms with Crippen LogP contribution in [-0.2, 0) is 14.8 Å². The van der Waals surface area contributed by atoms with Gasteiger partial charge in [-0.15, -0.1) is 0 Å². The number of halogens is 2. The van der Waals surface area contributed by atoms with Crippen LogP contribution >= 0.6 is 23.2 Å². The number of para-hydroxylation sites is 1. The van der Waals surface area contributed by atoms with E-state index in [1.165, 1.54) is 13.0 Å². The lowest BCUT2D eigenvalue weighted by Crippen LogP contribution is -2.45. The Morgan fingerprint density at radius 3 is 2.32 bits per heavy atom. The van der Waals surface area contributed by atoms with Gasteiger partial charge in [-0.1, -0.05) is 41.4 Å². The standard InChI is InChI=1S/C17H18Cl2N2O3S/c1-11-8-9-13(10-15(11)19)21(25(3,23)24)12(2)17(22)20-16-7-5-4-6-14(16)18/h4-10,12H,1-3H3,(H,20,22)/t12-/m0/s1. The Labute approximate surface area is 157 Å². The molecule has 2 aromatic rings. The van der Waals surface area contributed by atoms with Gasteiger partial charge in [-0.2, -0.15) is 0 Å². The molecule has 0 heterocycles. The Hall–Kier alpha value is -1.76. The minimum absolute atomic E-state index is 0.319. The summed E-state index contributed by atoms with van der Waals surface area (Å²) in [5.41, 5.74) is 1.54. The summed E-state index contributed by atoms with van der Waals surface area (Å²) < 4.78 is 25.6. The number of benzene rings is 2.